The van der Waals surface area contributed by atoms with E-state index >= 15 is 0 Å². The molecule has 9 nitrogen and oxygen atoms in total. The lowest BCUT2D eigenvalue weighted by Gasteiger charge is -2.34. The number of hydrogen-bond acceptors (Lipinski definition) is 7. The number of nitrogens with zero attached hydrogens (tertiary/aromatic N) is 3. The molecule has 1 aliphatic heterocycles. The molecule has 0 aliphatic carbocycles. The maximum atomic E-state index is 14.4. The average molecular weight is 668 g/mol. The van der Waals surface area contributed by atoms with Crippen LogP contribution in [0.15, 0.2) is 96.6 Å². The van der Waals surface area contributed by atoms with Crippen LogP contribution in [-0.2, 0) is 38.4 Å². The molecule has 1 fully saturated rings. The molecule has 3 unspecified atom stereocenters. The fourth-order valence-corrected chi connectivity index (χ4v) is 6.69. The summed E-state index contributed by atoms with van der Waals surface area (Å²) >= 11 is 1.55. The topological polar surface area (TPSA) is 104 Å². The van der Waals surface area contributed by atoms with Gasteiger partial charge in [-0.25, -0.2) is 0 Å². The van der Waals surface area contributed by atoms with Gasteiger partial charge in [0.25, 0.3) is 0 Å². The number of ether oxygens (including phenoxy) is 1. The molecule has 2 aromatic heterocycles. The SMILES string of the molecule is CN(C(=O)COCC1CCCN1)C(Cc1ccc(-c2ccccc2)cc1)C(=O)N(C)C(Cc1cccs1)C(=O)NCCc1ccncc1. The summed E-state index contributed by atoms with van der Waals surface area (Å²) in [6, 6.07) is 24.6. The first-order chi connectivity index (χ1) is 23.4. The van der Waals surface area contributed by atoms with Crippen LogP contribution in [0.2, 0.25) is 0 Å². The smallest absolute Gasteiger partial charge is 0.249 e. The predicted octanol–water partition coefficient (Wildman–Crippen LogP) is 4.38. The molecular formula is C38H45N5O4S. The molecule has 2 N–H and O–H groups in total. The Kier molecular flexibility index (Phi) is 12.9. The van der Waals surface area contributed by atoms with Gasteiger partial charge in [-0.3, -0.25) is 19.4 Å². The van der Waals surface area contributed by atoms with Crippen LogP contribution >= 0.6 is 11.3 Å². The van der Waals surface area contributed by atoms with Crippen molar-refractivity contribution >= 4 is 29.1 Å². The highest BCUT2D eigenvalue weighted by Crippen LogP contribution is 2.22. The largest absolute Gasteiger partial charge is 0.370 e. The lowest BCUT2D eigenvalue weighted by atomic mass is 9.98. The Balaban J connectivity index is 1.33. The Morgan fingerprint density at radius 3 is 2.33 bits per heavy atom. The molecule has 3 heterocycles. The molecule has 0 spiro atoms. The molecule has 48 heavy (non-hydrogen) atoms. The molecule has 10 heteroatoms. The van der Waals surface area contributed by atoms with Crippen molar-refractivity contribution in [2.45, 2.75) is 50.2 Å². The molecule has 0 saturated carbocycles. The zero-order chi connectivity index (χ0) is 33.7. The summed E-state index contributed by atoms with van der Waals surface area (Å²) in [4.78, 5) is 49.7. The van der Waals surface area contributed by atoms with Gasteiger partial charge in [0, 0.05) is 56.8 Å². The maximum absolute atomic E-state index is 14.4. The molecule has 0 bridgehead atoms. The van der Waals surface area contributed by atoms with E-state index in [1.165, 1.54) is 9.80 Å². The lowest BCUT2D eigenvalue weighted by Crippen LogP contribution is -2.56. The third-order valence-electron chi connectivity index (χ3n) is 8.90. The van der Waals surface area contributed by atoms with Gasteiger partial charge in [0.15, 0.2) is 0 Å². The normalized spacial score (nSPS) is 15.4. The average Bonchev–Trinajstić information content (AvgIpc) is 3.85. The lowest BCUT2D eigenvalue weighted by molar-refractivity contribution is -0.149. The maximum Gasteiger partial charge on any atom is 0.249 e. The van der Waals surface area contributed by atoms with Gasteiger partial charge in [0.05, 0.1) is 6.61 Å². The summed E-state index contributed by atoms with van der Waals surface area (Å²) in [7, 11) is 3.31. The quantitative estimate of drug-likeness (QED) is 0.184. The van der Waals surface area contributed by atoms with E-state index < -0.39 is 12.1 Å². The predicted molar refractivity (Wildman–Crippen MR) is 190 cm³/mol. The van der Waals surface area contributed by atoms with Crippen molar-refractivity contribution in [2.75, 3.05) is 40.4 Å². The minimum Gasteiger partial charge on any atom is -0.370 e. The molecule has 3 amide bonds. The first-order valence-electron chi connectivity index (χ1n) is 16.6. The number of nitrogens with one attached hydrogen (secondary N) is 2. The first kappa shape index (κ1) is 34.9. The fourth-order valence-electron chi connectivity index (χ4n) is 5.95. The Bertz CT molecular complexity index is 1580. The number of benzene rings is 2. The summed E-state index contributed by atoms with van der Waals surface area (Å²) in [6.07, 6.45) is 6.88. The van der Waals surface area contributed by atoms with E-state index in [1.54, 1.807) is 37.8 Å². The Labute approximate surface area is 287 Å². The minimum absolute atomic E-state index is 0.122. The molecule has 0 radical (unpaired) electrons. The third-order valence-corrected chi connectivity index (χ3v) is 9.80. The molecule has 1 saturated heterocycles. The Morgan fingerprint density at radius 1 is 0.896 bits per heavy atom. The molecular weight excluding hydrogens is 623 g/mol. The number of carbonyl (C=O) groups excluding carboxylic acids is 3. The van der Waals surface area contributed by atoms with Gasteiger partial charge in [0.1, 0.15) is 18.7 Å². The number of pyridine rings is 1. The van der Waals surface area contributed by atoms with Crippen LogP contribution < -0.4 is 10.6 Å². The van der Waals surface area contributed by atoms with Gasteiger partial charge < -0.3 is 25.2 Å². The monoisotopic (exact) mass is 667 g/mol. The van der Waals surface area contributed by atoms with Gasteiger partial charge in [-0.1, -0.05) is 60.7 Å². The van der Waals surface area contributed by atoms with Crippen LogP contribution in [-0.4, -0.2) is 91.0 Å². The molecule has 252 valence electrons. The van der Waals surface area contributed by atoms with Gasteiger partial charge in [-0.05, 0) is 71.6 Å². The highest BCUT2D eigenvalue weighted by molar-refractivity contribution is 7.09. The van der Waals surface area contributed by atoms with E-state index in [9.17, 15) is 14.4 Å². The number of carbonyl (C=O) groups is 3. The molecule has 1 aliphatic rings. The first-order valence-corrected chi connectivity index (χ1v) is 17.4. The van der Waals surface area contributed by atoms with Crippen LogP contribution in [0.1, 0.15) is 28.8 Å². The minimum atomic E-state index is -0.839. The summed E-state index contributed by atoms with van der Waals surface area (Å²) in [5.41, 5.74) is 4.14. The van der Waals surface area contributed by atoms with Crippen molar-refractivity contribution in [1.29, 1.82) is 0 Å². The van der Waals surface area contributed by atoms with E-state index in [0.29, 0.717) is 32.4 Å². The highest BCUT2D eigenvalue weighted by Gasteiger charge is 2.35. The molecule has 3 atom stereocenters. The number of hydrogen-bond donors (Lipinski definition) is 2. The number of rotatable bonds is 16. The van der Waals surface area contributed by atoms with Crippen molar-refractivity contribution in [3.63, 3.8) is 0 Å². The zero-order valence-corrected chi connectivity index (χ0v) is 28.5. The Hall–Kier alpha value is -4.38. The van der Waals surface area contributed by atoms with Crippen molar-refractivity contribution in [1.82, 2.24) is 25.4 Å². The second-order valence-corrected chi connectivity index (χ2v) is 13.3. The molecule has 2 aromatic carbocycles. The van der Waals surface area contributed by atoms with E-state index in [1.807, 2.05) is 72.1 Å². The van der Waals surface area contributed by atoms with Gasteiger partial charge in [-0.2, -0.15) is 0 Å². The number of amides is 3. The highest BCUT2D eigenvalue weighted by atomic mass is 32.1. The van der Waals surface area contributed by atoms with Gasteiger partial charge in [0.2, 0.25) is 17.7 Å². The van der Waals surface area contributed by atoms with E-state index in [4.69, 9.17) is 4.74 Å². The second-order valence-electron chi connectivity index (χ2n) is 12.2. The molecule has 5 rings (SSSR count). The molecule has 4 aromatic rings. The summed E-state index contributed by atoms with van der Waals surface area (Å²) in [5, 5.41) is 8.38. The second kappa shape index (κ2) is 17.7. The van der Waals surface area contributed by atoms with Crippen molar-refractivity contribution in [3.05, 3.63) is 113 Å². The summed E-state index contributed by atoms with van der Waals surface area (Å²) in [6.45, 7) is 1.71. The van der Waals surface area contributed by atoms with Gasteiger partial charge in [-0.15, -0.1) is 11.3 Å². The number of aromatic nitrogens is 1. The Morgan fingerprint density at radius 2 is 1.65 bits per heavy atom. The van der Waals surface area contributed by atoms with E-state index in [2.05, 4.69) is 27.8 Å². The van der Waals surface area contributed by atoms with E-state index in [-0.39, 0.29) is 30.4 Å². The van der Waals surface area contributed by atoms with E-state index in [0.717, 1.165) is 46.5 Å². The van der Waals surface area contributed by atoms with Gasteiger partial charge >= 0.3 is 0 Å². The van der Waals surface area contributed by atoms with Crippen molar-refractivity contribution in [2.24, 2.45) is 0 Å². The van der Waals surface area contributed by atoms with Crippen molar-refractivity contribution in [3.8, 4) is 11.1 Å². The van der Waals surface area contributed by atoms with Crippen LogP contribution in [0.5, 0.6) is 0 Å². The van der Waals surface area contributed by atoms with Crippen LogP contribution in [0, 0.1) is 0 Å². The van der Waals surface area contributed by atoms with Crippen LogP contribution in [0.4, 0.5) is 0 Å². The standard InChI is InChI=1S/C38H45N5O4S/c1-42(36(44)27-47-26-32-10-6-19-40-32)35(24-29-12-14-31(15-13-29)30-8-4-3-5-9-30)38(46)43(2)34(25-33-11-7-23-48-33)37(45)41-22-18-28-16-20-39-21-17-28/h3-5,7-9,11-17,20-21,23,32,34-35,40H,6,10,18-19,22,24-27H2,1-2H3,(H,41,45). The fraction of sp³-hybridized carbons (Fsp3) is 0.368. The summed E-state index contributed by atoms with van der Waals surface area (Å²) < 4.78 is 5.80. The number of likely N-dealkylation sites (N-methyl/N-ethyl adjacent to an activating group) is 2. The van der Waals surface area contributed by atoms with Crippen molar-refractivity contribution < 1.29 is 19.1 Å². The number of thiophene rings is 1. The third kappa shape index (κ3) is 9.82. The summed E-state index contributed by atoms with van der Waals surface area (Å²) in [5.74, 6) is -0.820. The zero-order valence-electron chi connectivity index (χ0n) is 27.7. The van der Waals surface area contributed by atoms with Crippen LogP contribution in [0.25, 0.3) is 11.1 Å². The van der Waals surface area contributed by atoms with Crippen LogP contribution in [0.3, 0.4) is 0 Å².